The molecule has 6 heteroatoms. The summed E-state index contributed by atoms with van der Waals surface area (Å²) < 4.78 is 23.6. The number of imidazole rings is 1. The monoisotopic (exact) mass is 266 g/mol. The van der Waals surface area contributed by atoms with E-state index < -0.39 is 9.84 Å². The molecule has 1 rings (SSSR count). The maximum atomic E-state index is 11.4. The second-order valence-electron chi connectivity index (χ2n) is 3.03. The van der Waals surface area contributed by atoms with Crippen LogP contribution in [0, 0.1) is 0 Å². The van der Waals surface area contributed by atoms with Crippen molar-refractivity contribution in [2.24, 2.45) is 0 Å². The third-order valence-corrected chi connectivity index (χ3v) is 4.17. The minimum atomic E-state index is -3.05. The molecule has 1 heterocycles. The van der Waals surface area contributed by atoms with Crippen LogP contribution in [0.2, 0.25) is 0 Å². The number of nitrogens with zero attached hydrogens (tertiary/aromatic N) is 1. The highest BCUT2D eigenvalue weighted by molar-refractivity contribution is 9.10. The van der Waals surface area contributed by atoms with Crippen molar-refractivity contribution in [3.8, 4) is 0 Å². The van der Waals surface area contributed by atoms with Gasteiger partial charge in [0.1, 0.15) is 16.2 Å². The summed E-state index contributed by atoms with van der Waals surface area (Å²) in [6, 6.07) is 0. The largest absolute Gasteiger partial charge is 0.336 e. The van der Waals surface area contributed by atoms with Gasteiger partial charge in [0, 0.05) is 0 Å². The number of hydrogen-bond donors (Lipinski definition) is 1. The zero-order valence-electron chi connectivity index (χ0n) is 7.41. The Morgan fingerprint density at radius 1 is 1.62 bits per heavy atom. The predicted molar refractivity (Wildman–Crippen MR) is 54.0 cm³/mol. The highest BCUT2D eigenvalue weighted by Gasteiger charge is 2.18. The quantitative estimate of drug-likeness (QED) is 0.902. The summed E-state index contributed by atoms with van der Waals surface area (Å²) in [4.78, 5) is 6.72. The first kappa shape index (κ1) is 10.7. The molecule has 0 unspecified atom stereocenters. The van der Waals surface area contributed by atoms with Gasteiger partial charge in [-0.05, 0) is 29.8 Å². The molecular formula is C7H11BrN2O2S. The molecule has 13 heavy (non-hydrogen) atoms. The Morgan fingerprint density at radius 3 is 2.62 bits per heavy atom. The van der Waals surface area contributed by atoms with E-state index in [4.69, 9.17) is 0 Å². The van der Waals surface area contributed by atoms with Gasteiger partial charge in [0.15, 0.2) is 9.84 Å². The van der Waals surface area contributed by atoms with Crippen molar-refractivity contribution < 1.29 is 8.42 Å². The zero-order valence-corrected chi connectivity index (χ0v) is 9.81. The first-order chi connectivity index (χ1) is 5.92. The van der Waals surface area contributed by atoms with Gasteiger partial charge in [0.2, 0.25) is 0 Å². The summed E-state index contributed by atoms with van der Waals surface area (Å²) in [5, 5.41) is -0.364. The number of rotatable bonds is 3. The van der Waals surface area contributed by atoms with E-state index in [-0.39, 0.29) is 11.0 Å². The van der Waals surface area contributed by atoms with E-state index in [0.29, 0.717) is 10.4 Å². The Bertz CT molecular complexity index is 383. The second kappa shape index (κ2) is 3.79. The highest BCUT2D eigenvalue weighted by atomic mass is 79.9. The maximum Gasteiger partial charge on any atom is 0.159 e. The molecule has 74 valence electrons. The van der Waals surface area contributed by atoms with Crippen molar-refractivity contribution in [2.45, 2.75) is 24.9 Å². The topological polar surface area (TPSA) is 62.8 Å². The van der Waals surface area contributed by atoms with Crippen LogP contribution in [-0.4, -0.2) is 23.6 Å². The number of aromatic amines is 1. The Hall–Kier alpha value is -0.360. The van der Waals surface area contributed by atoms with E-state index in [0.717, 1.165) is 0 Å². The summed E-state index contributed by atoms with van der Waals surface area (Å²) in [6.45, 7) is 3.32. The van der Waals surface area contributed by atoms with E-state index >= 15 is 0 Å². The van der Waals surface area contributed by atoms with Crippen molar-refractivity contribution in [1.29, 1.82) is 0 Å². The lowest BCUT2D eigenvalue weighted by molar-refractivity contribution is 0.585. The first-order valence-electron chi connectivity index (χ1n) is 3.83. The maximum absolute atomic E-state index is 11.4. The van der Waals surface area contributed by atoms with Gasteiger partial charge in [-0.2, -0.15) is 0 Å². The summed E-state index contributed by atoms with van der Waals surface area (Å²) >= 11 is 3.16. The molecule has 0 aromatic carbocycles. The lowest BCUT2D eigenvalue weighted by atomic mass is 10.6. The van der Waals surface area contributed by atoms with Crippen LogP contribution in [0.1, 0.15) is 19.7 Å². The number of halogens is 1. The van der Waals surface area contributed by atoms with E-state index in [2.05, 4.69) is 25.9 Å². The lowest BCUT2D eigenvalue weighted by Crippen LogP contribution is -2.16. The summed E-state index contributed by atoms with van der Waals surface area (Å²) in [7, 11) is -3.05. The minimum absolute atomic E-state index is 0.0315. The van der Waals surface area contributed by atoms with Crippen molar-refractivity contribution >= 4 is 25.8 Å². The number of hydrogen-bond acceptors (Lipinski definition) is 3. The normalized spacial score (nSPS) is 12.3. The fourth-order valence-corrected chi connectivity index (χ4v) is 1.96. The van der Waals surface area contributed by atoms with Crippen molar-refractivity contribution in [3.63, 3.8) is 0 Å². The van der Waals surface area contributed by atoms with E-state index in [1.807, 2.05) is 0 Å². The molecule has 0 saturated heterocycles. The molecule has 0 radical (unpaired) electrons. The average molecular weight is 267 g/mol. The van der Waals surface area contributed by atoms with Crippen LogP contribution in [0.4, 0.5) is 0 Å². The van der Waals surface area contributed by atoms with Crippen molar-refractivity contribution in [2.75, 3.05) is 0 Å². The fraction of sp³-hybridized carbons (Fsp3) is 0.571. The Kier molecular flexibility index (Phi) is 3.13. The Labute approximate surface area is 85.8 Å². The van der Waals surface area contributed by atoms with Crippen LogP contribution in [0.3, 0.4) is 0 Å². The predicted octanol–water partition coefficient (Wildman–Crippen LogP) is 1.50. The highest BCUT2D eigenvalue weighted by Crippen LogP contribution is 2.10. The smallest absolute Gasteiger partial charge is 0.159 e. The summed E-state index contributed by atoms with van der Waals surface area (Å²) in [5.74, 6) is 0.441. The molecule has 0 amide bonds. The molecule has 0 bridgehead atoms. The zero-order chi connectivity index (χ0) is 10.1. The van der Waals surface area contributed by atoms with Gasteiger partial charge in [-0.15, -0.1) is 0 Å². The van der Waals surface area contributed by atoms with E-state index in [9.17, 15) is 8.42 Å². The van der Waals surface area contributed by atoms with Crippen LogP contribution in [-0.2, 0) is 15.6 Å². The van der Waals surface area contributed by atoms with Gasteiger partial charge in [-0.3, -0.25) is 0 Å². The van der Waals surface area contributed by atoms with Crippen LogP contribution < -0.4 is 0 Å². The van der Waals surface area contributed by atoms with E-state index in [1.165, 1.54) is 0 Å². The molecule has 1 N–H and O–H groups in total. The average Bonchev–Trinajstić information content (AvgIpc) is 2.34. The second-order valence-corrected chi connectivity index (χ2v) is 6.45. The summed E-state index contributed by atoms with van der Waals surface area (Å²) in [6.07, 6.45) is 1.55. The van der Waals surface area contributed by atoms with Crippen LogP contribution >= 0.6 is 15.9 Å². The Morgan fingerprint density at radius 2 is 2.23 bits per heavy atom. The molecular weight excluding hydrogens is 256 g/mol. The molecule has 0 aliphatic heterocycles. The standard InChI is InChI=1S/C7H11BrN2O2S/c1-5(2)13(11,12)4-7-9-3-6(8)10-7/h3,5H,4H2,1-2H3,(H,9,10). The van der Waals surface area contributed by atoms with Crippen LogP contribution in [0.15, 0.2) is 10.8 Å². The molecule has 4 nitrogen and oxygen atoms in total. The molecule has 0 aliphatic rings. The third-order valence-electron chi connectivity index (χ3n) is 1.65. The molecule has 0 spiro atoms. The summed E-state index contributed by atoms with van der Waals surface area (Å²) in [5.41, 5.74) is 0. The number of nitrogens with one attached hydrogen (secondary N) is 1. The van der Waals surface area contributed by atoms with E-state index in [1.54, 1.807) is 20.0 Å². The molecule has 1 aromatic heterocycles. The minimum Gasteiger partial charge on any atom is -0.336 e. The molecule has 1 aromatic rings. The van der Waals surface area contributed by atoms with Crippen molar-refractivity contribution in [1.82, 2.24) is 9.97 Å². The van der Waals surface area contributed by atoms with Gasteiger partial charge in [-0.1, -0.05) is 0 Å². The number of aromatic nitrogens is 2. The van der Waals surface area contributed by atoms with Gasteiger partial charge in [0.05, 0.1) is 11.4 Å². The van der Waals surface area contributed by atoms with Crippen LogP contribution in [0.25, 0.3) is 0 Å². The third kappa shape index (κ3) is 2.80. The molecule has 0 saturated carbocycles. The molecule has 0 atom stereocenters. The van der Waals surface area contributed by atoms with Crippen LogP contribution in [0.5, 0.6) is 0 Å². The fourth-order valence-electron chi connectivity index (χ4n) is 0.768. The molecule has 0 aliphatic carbocycles. The number of H-pyrrole nitrogens is 1. The Balaban J connectivity index is 2.81. The van der Waals surface area contributed by atoms with Gasteiger partial charge in [0.25, 0.3) is 0 Å². The molecule has 0 fully saturated rings. The van der Waals surface area contributed by atoms with Gasteiger partial charge in [-0.25, -0.2) is 13.4 Å². The van der Waals surface area contributed by atoms with Gasteiger partial charge < -0.3 is 4.98 Å². The lowest BCUT2D eigenvalue weighted by Gasteiger charge is -2.04. The van der Waals surface area contributed by atoms with Crippen molar-refractivity contribution in [3.05, 3.63) is 16.6 Å². The SMILES string of the molecule is CC(C)S(=O)(=O)Cc1ncc(Br)[nH]1. The first-order valence-corrected chi connectivity index (χ1v) is 6.33. The number of sulfone groups is 1. The van der Waals surface area contributed by atoms with Gasteiger partial charge >= 0.3 is 0 Å².